The van der Waals surface area contributed by atoms with Crippen LogP contribution in [0.25, 0.3) is 0 Å². The van der Waals surface area contributed by atoms with Crippen molar-refractivity contribution >= 4 is 5.97 Å². The van der Waals surface area contributed by atoms with Crippen molar-refractivity contribution in [3.63, 3.8) is 0 Å². The molecule has 4 nitrogen and oxygen atoms in total. The van der Waals surface area contributed by atoms with E-state index < -0.39 is 5.82 Å². The Balaban J connectivity index is 2.82. The van der Waals surface area contributed by atoms with E-state index in [9.17, 15) is 9.18 Å². The van der Waals surface area contributed by atoms with E-state index in [2.05, 4.69) is 4.74 Å². The minimum Gasteiger partial charge on any atom is -0.468 e. The van der Waals surface area contributed by atoms with Gasteiger partial charge < -0.3 is 4.74 Å². The average Bonchev–Trinajstić information content (AvgIpc) is 2.39. The molecule has 0 amide bonds. The van der Waals surface area contributed by atoms with Gasteiger partial charge >= 0.3 is 5.97 Å². The van der Waals surface area contributed by atoms with Crippen molar-refractivity contribution in [1.82, 2.24) is 4.90 Å². The maximum atomic E-state index is 13.0. The molecule has 0 aliphatic carbocycles. The highest BCUT2D eigenvalue weighted by atomic mass is 19.1. The van der Waals surface area contributed by atoms with Crippen LogP contribution in [0.1, 0.15) is 18.1 Å². The molecule has 0 N–H and O–H groups in total. The second-order valence-electron chi connectivity index (χ2n) is 3.79. The molecule has 0 radical (unpaired) electrons. The Morgan fingerprint density at radius 3 is 2.83 bits per heavy atom. The molecule has 1 rings (SSSR count). The third-order valence-corrected chi connectivity index (χ3v) is 2.61. The zero-order chi connectivity index (χ0) is 13.5. The minimum absolute atomic E-state index is 0.148. The molecule has 0 saturated carbocycles. The number of hydrogen-bond donors (Lipinski definition) is 0. The van der Waals surface area contributed by atoms with E-state index >= 15 is 0 Å². The Morgan fingerprint density at radius 2 is 2.28 bits per heavy atom. The van der Waals surface area contributed by atoms with Crippen molar-refractivity contribution in [3.05, 3.63) is 35.1 Å². The second-order valence-corrected chi connectivity index (χ2v) is 3.79. The summed E-state index contributed by atoms with van der Waals surface area (Å²) in [4.78, 5) is 13.0. The predicted octanol–water partition coefficient (Wildman–Crippen LogP) is 1.69. The van der Waals surface area contributed by atoms with Gasteiger partial charge in [-0.05, 0) is 24.2 Å². The van der Waals surface area contributed by atoms with Gasteiger partial charge in [0, 0.05) is 6.54 Å². The van der Waals surface area contributed by atoms with Crippen molar-refractivity contribution in [2.75, 3.05) is 20.2 Å². The molecule has 0 bridgehead atoms. The summed E-state index contributed by atoms with van der Waals surface area (Å²) >= 11 is 0. The number of carbonyl (C=O) groups is 1. The summed E-state index contributed by atoms with van der Waals surface area (Å²) in [5.41, 5.74) is 0.989. The zero-order valence-electron chi connectivity index (χ0n) is 10.4. The molecule has 1 aromatic carbocycles. The number of esters is 1. The fourth-order valence-corrected chi connectivity index (χ4v) is 1.56. The number of ether oxygens (including phenoxy) is 1. The van der Waals surface area contributed by atoms with Crippen LogP contribution < -0.4 is 0 Å². The van der Waals surface area contributed by atoms with Gasteiger partial charge in [0.15, 0.2) is 0 Å². The van der Waals surface area contributed by atoms with E-state index in [1.54, 1.807) is 6.07 Å². The molecule has 0 spiro atoms. The first-order valence-corrected chi connectivity index (χ1v) is 5.58. The lowest BCUT2D eigenvalue weighted by atomic mass is 10.1. The highest BCUT2D eigenvalue weighted by molar-refractivity contribution is 5.71. The Bertz CT molecular complexity index is 469. The number of carbonyl (C=O) groups excluding carboxylic acids is 1. The maximum Gasteiger partial charge on any atom is 0.319 e. The molecule has 0 atom stereocenters. The average molecular weight is 250 g/mol. The fourth-order valence-electron chi connectivity index (χ4n) is 1.56. The summed E-state index contributed by atoms with van der Waals surface area (Å²) in [5, 5.41) is 8.93. The molecular formula is C13H15FN2O2. The summed E-state index contributed by atoms with van der Waals surface area (Å²) in [6.07, 6.45) is 0. The lowest BCUT2D eigenvalue weighted by Gasteiger charge is -2.19. The third kappa shape index (κ3) is 3.82. The van der Waals surface area contributed by atoms with Crippen LogP contribution >= 0.6 is 0 Å². The molecule has 0 aliphatic rings. The van der Waals surface area contributed by atoms with Crippen molar-refractivity contribution < 1.29 is 13.9 Å². The molecule has 0 fully saturated rings. The molecular weight excluding hydrogens is 235 g/mol. The predicted molar refractivity (Wildman–Crippen MR) is 64.1 cm³/mol. The van der Waals surface area contributed by atoms with Crippen molar-refractivity contribution in [2.24, 2.45) is 0 Å². The highest BCUT2D eigenvalue weighted by Gasteiger charge is 2.12. The molecule has 18 heavy (non-hydrogen) atoms. The van der Waals surface area contributed by atoms with Crippen LogP contribution in [0, 0.1) is 17.1 Å². The van der Waals surface area contributed by atoms with E-state index in [0.29, 0.717) is 24.2 Å². The molecule has 0 heterocycles. The van der Waals surface area contributed by atoms with E-state index in [-0.39, 0.29) is 12.5 Å². The van der Waals surface area contributed by atoms with Crippen LogP contribution in [-0.2, 0) is 16.1 Å². The van der Waals surface area contributed by atoms with Crippen LogP contribution in [0.4, 0.5) is 4.39 Å². The van der Waals surface area contributed by atoms with Crippen molar-refractivity contribution in [1.29, 1.82) is 5.26 Å². The Labute approximate surface area is 106 Å². The Hall–Kier alpha value is -1.93. The quantitative estimate of drug-likeness (QED) is 0.746. The van der Waals surface area contributed by atoms with Gasteiger partial charge in [-0.2, -0.15) is 5.26 Å². The number of nitrogens with zero attached hydrogens (tertiary/aromatic N) is 2. The fraction of sp³-hybridized carbons (Fsp3) is 0.385. The molecule has 96 valence electrons. The van der Waals surface area contributed by atoms with Crippen molar-refractivity contribution in [3.8, 4) is 6.07 Å². The minimum atomic E-state index is -0.439. The first-order chi connectivity index (χ1) is 8.60. The lowest BCUT2D eigenvalue weighted by Crippen LogP contribution is -2.30. The molecule has 1 aromatic rings. The Morgan fingerprint density at radius 1 is 1.56 bits per heavy atom. The van der Waals surface area contributed by atoms with E-state index in [1.807, 2.05) is 17.9 Å². The number of nitriles is 1. The number of likely N-dealkylation sites (N-methyl/N-ethyl adjacent to an activating group) is 1. The van der Waals surface area contributed by atoms with Gasteiger partial charge in [-0.1, -0.05) is 13.0 Å². The van der Waals surface area contributed by atoms with Gasteiger partial charge in [0.2, 0.25) is 0 Å². The van der Waals surface area contributed by atoms with Crippen LogP contribution in [0.2, 0.25) is 0 Å². The van der Waals surface area contributed by atoms with E-state index in [4.69, 9.17) is 5.26 Å². The third-order valence-electron chi connectivity index (χ3n) is 2.61. The summed E-state index contributed by atoms with van der Waals surface area (Å²) in [6.45, 7) is 3.10. The van der Waals surface area contributed by atoms with Gasteiger partial charge in [-0.25, -0.2) is 4.39 Å². The SMILES string of the molecule is CCN(CC(=O)OC)Cc1ccc(F)cc1C#N. The second kappa shape index (κ2) is 6.72. The molecule has 0 unspecified atom stereocenters. The number of hydrogen-bond acceptors (Lipinski definition) is 4. The highest BCUT2D eigenvalue weighted by Crippen LogP contribution is 2.13. The monoisotopic (exact) mass is 250 g/mol. The Kier molecular flexibility index (Phi) is 5.28. The smallest absolute Gasteiger partial charge is 0.319 e. The summed E-state index contributed by atoms with van der Waals surface area (Å²) < 4.78 is 17.6. The standard InChI is InChI=1S/C13H15FN2O2/c1-3-16(9-13(17)18-2)8-10-4-5-12(14)6-11(10)7-15/h4-6H,3,8-9H2,1-2H3. The first kappa shape index (κ1) is 14.1. The van der Waals surface area contributed by atoms with Crippen LogP contribution in [0.5, 0.6) is 0 Å². The van der Waals surface area contributed by atoms with Crippen LogP contribution in [0.3, 0.4) is 0 Å². The number of halogens is 1. The van der Waals surface area contributed by atoms with Crippen LogP contribution in [0.15, 0.2) is 18.2 Å². The summed E-state index contributed by atoms with van der Waals surface area (Å²) in [5.74, 6) is -0.774. The van der Waals surface area contributed by atoms with Gasteiger partial charge in [-0.3, -0.25) is 9.69 Å². The molecule has 0 saturated heterocycles. The van der Waals surface area contributed by atoms with E-state index in [1.165, 1.54) is 19.2 Å². The maximum absolute atomic E-state index is 13.0. The number of rotatable bonds is 5. The van der Waals surface area contributed by atoms with Crippen molar-refractivity contribution in [2.45, 2.75) is 13.5 Å². The van der Waals surface area contributed by atoms with Gasteiger partial charge in [-0.15, -0.1) is 0 Å². The topological polar surface area (TPSA) is 53.3 Å². The largest absolute Gasteiger partial charge is 0.468 e. The molecule has 0 aliphatic heterocycles. The molecule has 0 aromatic heterocycles. The number of benzene rings is 1. The zero-order valence-corrected chi connectivity index (χ0v) is 10.4. The first-order valence-electron chi connectivity index (χ1n) is 5.58. The molecule has 5 heteroatoms. The normalized spacial score (nSPS) is 10.2. The summed E-state index contributed by atoms with van der Waals surface area (Å²) in [7, 11) is 1.33. The van der Waals surface area contributed by atoms with E-state index in [0.717, 1.165) is 0 Å². The van der Waals surface area contributed by atoms with Gasteiger partial charge in [0.1, 0.15) is 5.82 Å². The number of methoxy groups -OCH3 is 1. The van der Waals surface area contributed by atoms with Crippen LogP contribution in [-0.4, -0.2) is 31.1 Å². The lowest BCUT2D eigenvalue weighted by molar-refractivity contribution is -0.142. The summed E-state index contributed by atoms with van der Waals surface area (Å²) in [6, 6.07) is 6.02. The van der Waals surface area contributed by atoms with Gasteiger partial charge in [0.25, 0.3) is 0 Å². The van der Waals surface area contributed by atoms with Gasteiger partial charge in [0.05, 0.1) is 25.3 Å².